The number of anilines is 1. The van der Waals surface area contributed by atoms with Gasteiger partial charge in [-0.3, -0.25) is 14.5 Å². The molecule has 2 aromatic carbocycles. The lowest BCUT2D eigenvalue weighted by Gasteiger charge is -2.32. The zero-order chi connectivity index (χ0) is 18.3. The predicted molar refractivity (Wildman–Crippen MR) is 97.8 cm³/mol. The molecule has 2 aliphatic rings. The molecular weight excluding hydrogens is 331 g/mol. The predicted octanol–water partition coefficient (Wildman–Crippen LogP) is 3.38. The van der Waals surface area contributed by atoms with E-state index in [0.29, 0.717) is 29.9 Å². The van der Waals surface area contributed by atoms with E-state index in [-0.39, 0.29) is 17.6 Å². The molecule has 2 amide bonds. The highest BCUT2D eigenvalue weighted by Gasteiger charge is 2.41. The van der Waals surface area contributed by atoms with E-state index in [1.54, 1.807) is 19.1 Å². The van der Waals surface area contributed by atoms with Crippen molar-refractivity contribution in [3.05, 3.63) is 71.2 Å². The van der Waals surface area contributed by atoms with Crippen LogP contribution in [0.25, 0.3) is 5.57 Å². The highest BCUT2D eigenvalue weighted by molar-refractivity contribution is 6.36. The van der Waals surface area contributed by atoms with Crippen LogP contribution < -0.4 is 4.90 Å². The SMILES string of the molecule is CCN1C(=O)C(c2ccc(F)cc2)=C(N2CCCc3ccccc32)C1=O. The largest absolute Gasteiger partial charge is 0.336 e. The van der Waals surface area contributed by atoms with E-state index < -0.39 is 0 Å². The first kappa shape index (κ1) is 16.5. The standard InChI is InChI=1S/C21H19FN2O2/c1-2-23-20(25)18(15-9-11-16(22)12-10-15)19(21(23)26)24-13-5-7-14-6-3-4-8-17(14)24/h3-4,6,8-12H,2,5,7,13H2,1H3. The normalized spacial score (nSPS) is 17.2. The number of amides is 2. The molecule has 4 nitrogen and oxygen atoms in total. The molecule has 0 N–H and O–H groups in total. The minimum absolute atomic E-state index is 0.284. The molecular formula is C21H19FN2O2. The third kappa shape index (κ3) is 2.51. The summed E-state index contributed by atoms with van der Waals surface area (Å²) in [5.41, 5.74) is 3.45. The van der Waals surface area contributed by atoms with Crippen LogP contribution in [0.2, 0.25) is 0 Å². The first-order chi connectivity index (χ1) is 12.6. The molecule has 4 rings (SSSR count). The molecule has 132 valence electrons. The van der Waals surface area contributed by atoms with Crippen LogP contribution in [0.5, 0.6) is 0 Å². The average Bonchev–Trinajstić information content (AvgIpc) is 2.91. The Morgan fingerprint density at radius 3 is 2.46 bits per heavy atom. The fraction of sp³-hybridized carbons (Fsp3) is 0.238. The molecule has 26 heavy (non-hydrogen) atoms. The van der Waals surface area contributed by atoms with Gasteiger partial charge in [0.25, 0.3) is 11.8 Å². The van der Waals surface area contributed by atoms with Crippen molar-refractivity contribution in [3.63, 3.8) is 0 Å². The Labute approximate surface area is 151 Å². The summed E-state index contributed by atoms with van der Waals surface area (Å²) < 4.78 is 13.4. The number of hydrogen-bond acceptors (Lipinski definition) is 3. The molecule has 0 saturated carbocycles. The van der Waals surface area contributed by atoms with E-state index >= 15 is 0 Å². The fourth-order valence-corrected chi connectivity index (χ4v) is 3.74. The molecule has 0 saturated heterocycles. The van der Waals surface area contributed by atoms with E-state index in [9.17, 15) is 14.0 Å². The quantitative estimate of drug-likeness (QED) is 0.797. The van der Waals surface area contributed by atoms with Crippen molar-refractivity contribution < 1.29 is 14.0 Å². The number of aryl methyl sites for hydroxylation is 1. The number of rotatable bonds is 3. The Bertz CT molecular complexity index is 918. The molecule has 0 spiro atoms. The second-order valence-corrected chi connectivity index (χ2v) is 6.47. The van der Waals surface area contributed by atoms with Gasteiger partial charge in [0.2, 0.25) is 0 Å². The van der Waals surface area contributed by atoms with Crippen LogP contribution >= 0.6 is 0 Å². The van der Waals surface area contributed by atoms with E-state index in [1.807, 2.05) is 23.1 Å². The molecule has 2 aromatic rings. The number of halogens is 1. The molecule has 0 aliphatic carbocycles. The number of hydrogen-bond donors (Lipinski definition) is 0. The van der Waals surface area contributed by atoms with Crippen LogP contribution in [0.15, 0.2) is 54.2 Å². The van der Waals surface area contributed by atoms with Gasteiger partial charge in [0.05, 0.1) is 5.57 Å². The van der Waals surface area contributed by atoms with Crippen LogP contribution in [0.4, 0.5) is 10.1 Å². The van der Waals surface area contributed by atoms with Crippen molar-refractivity contribution in [1.29, 1.82) is 0 Å². The van der Waals surface area contributed by atoms with Gasteiger partial charge < -0.3 is 4.90 Å². The van der Waals surface area contributed by atoms with Crippen LogP contribution in [0.1, 0.15) is 24.5 Å². The first-order valence-electron chi connectivity index (χ1n) is 8.83. The van der Waals surface area contributed by atoms with Gasteiger partial charge >= 0.3 is 0 Å². The minimum atomic E-state index is -0.372. The topological polar surface area (TPSA) is 40.6 Å². The molecule has 0 fully saturated rings. The number of likely N-dealkylation sites (N-methyl/N-ethyl adjacent to an activating group) is 1. The highest BCUT2D eigenvalue weighted by atomic mass is 19.1. The van der Waals surface area contributed by atoms with Crippen LogP contribution in [0, 0.1) is 5.82 Å². The van der Waals surface area contributed by atoms with Crippen molar-refractivity contribution in [2.75, 3.05) is 18.0 Å². The van der Waals surface area contributed by atoms with Crippen molar-refractivity contribution in [2.24, 2.45) is 0 Å². The third-order valence-corrected chi connectivity index (χ3v) is 4.97. The molecule has 0 aromatic heterocycles. The summed E-state index contributed by atoms with van der Waals surface area (Å²) in [6, 6.07) is 13.7. The second-order valence-electron chi connectivity index (χ2n) is 6.47. The molecule has 0 unspecified atom stereocenters. The van der Waals surface area contributed by atoms with Gasteiger partial charge in [-0.2, -0.15) is 0 Å². The average molecular weight is 350 g/mol. The molecule has 0 radical (unpaired) electrons. The number of imide groups is 1. The number of nitrogens with zero attached hydrogens (tertiary/aromatic N) is 2. The van der Waals surface area contributed by atoms with Gasteiger partial charge in [0, 0.05) is 18.8 Å². The zero-order valence-electron chi connectivity index (χ0n) is 14.5. The van der Waals surface area contributed by atoms with Crippen LogP contribution in [-0.2, 0) is 16.0 Å². The summed E-state index contributed by atoms with van der Waals surface area (Å²) in [4.78, 5) is 29.2. The Hall–Kier alpha value is -2.95. The Morgan fingerprint density at radius 2 is 1.73 bits per heavy atom. The van der Waals surface area contributed by atoms with Gasteiger partial charge in [-0.05, 0) is 49.1 Å². The number of carbonyl (C=O) groups is 2. The lowest BCUT2D eigenvalue weighted by molar-refractivity contribution is -0.136. The number of benzene rings is 2. The lowest BCUT2D eigenvalue weighted by atomic mass is 9.98. The van der Waals surface area contributed by atoms with Gasteiger partial charge in [0.15, 0.2) is 0 Å². The molecule has 0 atom stereocenters. The molecule has 2 aliphatic heterocycles. The maximum Gasteiger partial charge on any atom is 0.278 e. The number of carbonyl (C=O) groups excluding carboxylic acids is 2. The molecule has 0 bridgehead atoms. The summed E-state index contributed by atoms with van der Waals surface area (Å²) in [5, 5.41) is 0. The van der Waals surface area contributed by atoms with Crippen molar-refractivity contribution in [3.8, 4) is 0 Å². The van der Waals surface area contributed by atoms with Gasteiger partial charge in [0.1, 0.15) is 11.5 Å². The minimum Gasteiger partial charge on any atom is -0.336 e. The molecule has 5 heteroatoms. The Morgan fingerprint density at radius 1 is 1.00 bits per heavy atom. The lowest BCUT2D eigenvalue weighted by Crippen LogP contribution is -2.37. The fourth-order valence-electron chi connectivity index (χ4n) is 3.74. The Balaban J connectivity index is 1.91. The summed E-state index contributed by atoms with van der Waals surface area (Å²) in [5.74, 6) is -0.973. The van der Waals surface area contributed by atoms with Crippen molar-refractivity contribution in [1.82, 2.24) is 4.90 Å². The number of para-hydroxylation sites is 1. The summed E-state index contributed by atoms with van der Waals surface area (Å²) in [6.07, 6.45) is 1.86. The van der Waals surface area contributed by atoms with E-state index in [0.717, 1.165) is 18.5 Å². The summed E-state index contributed by atoms with van der Waals surface area (Å²) in [7, 11) is 0. The Kier molecular flexibility index (Phi) is 4.07. The van der Waals surface area contributed by atoms with Crippen LogP contribution in [0.3, 0.4) is 0 Å². The zero-order valence-corrected chi connectivity index (χ0v) is 14.5. The van der Waals surface area contributed by atoms with Gasteiger partial charge in [-0.15, -0.1) is 0 Å². The van der Waals surface area contributed by atoms with Crippen molar-refractivity contribution in [2.45, 2.75) is 19.8 Å². The van der Waals surface area contributed by atoms with Crippen LogP contribution in [-0.4, -0.2) is 29.8 Å². The smallest absolute Gasteiger partial charge is 0.278 e. The highest BCUT2D eigenvalue weighted by Crippen LogP contribution is 2.37. The monoisotopic (exact) mass is 350 g/mol. The van der Waals surface area contributed by atoms with Gasteiger partial charge in [-0.25, -0.2) is 4.39 Å². The van der Waals surface area contributed by atoms with E-state index in [2.05, 4.69) is 6.07 Å². The van der Waals surface area contributed by atoms with Crippen molar-refractivity contribution >= 4 is 23.1 Å². The number of fused-ring (bicyclic) bond motifs is 1. The maximum absolute atomic E-state index is 13.4. The molecule has 2 heterocycles. The summed E-state index contributed by atoms with van der Waals surface area (Å²) in [6.45, 7) is 2.76. The van der Waals surface area contributed by atoms with E-state index in [1.165, 1.54) is 22.6 Å². The maximum atomic E-state index is 13.4. The van der Waals surface area contributed by atoms with E-state index in [4.69, 9.17) is 0 Å². The summed E-state index contributed by atoms with van der Waals surface area (Å²) >= 11 is 0. The third-order valence-electron chi connectivity index (χ3n) is 4.97. The van der Waals surface area contributed by atoms with Gasteiger partial charge in [-0.1, -0.05) is 30.3 Å². The first-order valence-corrected chi connectivity index (χ1v) is 8.83. The second kappa shape index (κ2) is 6.41.